The third-order valence-electron chi connectivity index (χ3n) is 12.8. The van der Waals surface area contributed by atoms with E-state index in [2.05, 4.69) is 188 Å². The van der Waals surface area contributed by atoms with E-state index in [1.54, 1.807) is 23.5 Å². The van der Waals surface area contributed by atoms with Crippen LogP contribution in [0.2, 0.25) is 0 Å². The van der Waals surface area contributed by atoms with Crippen LogP contribution < -0.4 is 9.80 Å². The van der Waals surface area contributed by atoms with E-state index < -0.39 is 0 Å². The van der Waals surface area contributed by atoms with Crippen LogP contribution in [0.4, 0.5) is 38.5 Å². The number of hydrogen-bond acceptors (Lipinski definition) is 4. The van der Waals surface area contributed by atoms with Crippen LogP contribution in [0.5, 0.6) is 0 Å². The van der Waals surface area contributed by atoms with Crippen molar-refractivity contribution in [2.75, 3.05) is 9.80 Å². The van der Waals surface area contributed by atoms with Gasteiger partial charge in [-0.15, -0.1) is 22.7 Å². The molecule has 0 fully saturated rings. The van der Waals surface area contributed by atoms with Crippen LogP contribution in [-0.4, -0.2) is 0 Å². The Hall–Kier alpha value is -6.79. The summed E-state index contributed by atoms with van der Waals surface area (Å²) in [7, 11) is 0. The van der Waals surface area contributed by atoms with Gasteiger partial charge in [0.15, 0.2) is 0 Å². The minimum absolute atomic E-state index is 0.263. The van der Waals surface area contributed by atoms with Crippen molar-refractivity contribution in [2.45, 2.75) is 26.2 Å². The number of benzene rings is 9. The summed E-state index contributed by atoms with van der Waals surface area (Å²) in [4.78, 5) is 4.56. The summed E-state index contributed by atoms with van der Waals surface area (Å²) < 4.78 is 21.3. The predicted molar refractivity (Wildman–Crippen MR) is 261 cm³/mol. The first kappa shape index (κ1) is 36.1. The summed E-state index contributed by atoms with van der Waals surface area (Å²) in [6, 6.07) is 64.6. The van der Waals surface area contributed by atoms with Crippen molar-refractivity contribution >= 4 is 108 Å². The van der Waals surface area contributed by atoms with Gasteiger partial charge in [-0.1, -0.05) is 123 Å². The van der Waals surface area contributed by atoms with Crippen molar-refractivity contribution in [1.29, 1.82) is 0 Å². The smallest absolute Gasteiger partial charge is 0.147 e. The van der Waals surface area contributed by atoms with Gasteiger partial charge in [0.25, 0.3) is 0 Å². The molecule has 0 N–H and O–H groups in total. The van der Waals surface area contributed by atoms with Crippen molar-refractivity contribution in [1.82, 2.24) is 0 Å². The third kappa shape index (κ3) is 5.51. The molecule has 0 saturated heterocycles. The molecule has 0 amide bonds. The second kappa shape index (κ2) is 13.6. The molecule has 1 aliphatic rings. The van der Waals surface area contributed by atoms with Crippen molar-refractivity contribution in [2.24, 2.45) is 0 Å². The van der Waals surface area contributed by atoms with E-state index in [0.29, 0.717) is 5.69 Å². The van der Waals surface area contributed by atoms with Gasteiger partial charge in [0.2, 0.25) is 0 Å². The largest absolute Gasteiger partial charge is 0.310 e. The van der Waals surface area contributed by atoms with Gasteiger partial charge in [-0.2, -0.15) is 0 Å². The lowest BCUT2D eigenvalue weighted by molar-refractivity contribution is 0.629. The van der Waals surface area contributed by atoms with E-state index in [9.17, 15) is 0 Å². The van der Waals surface area contributed by atoms with Crippen LogP contribution in [0.1, 0.15) is 30.5 Å². The quantitative estimate of drug-likeness (QED) is 0.165. The van der Waals surface area contributed by atoms with E-state index in [-0.39, 0.29) is 11.2 Å². The Morgan fingerprint density at radius 3 is 1.57 bits per heavy atom. The Kier molecular flexibility index (Phi) is 8.06. The Morgan fingerprint density at radius 2 is 0.918 bits per heavy atom. The molecule has 12 rings (SSSR count). The predicted octanol–water partition coefficient (Wildman–Crippen LogP) is 17.3. The highest BCUT2D eigenvalue weighted by Gasteiger charge is 2.39. The highest BCUT2D eigenvalue weighted by Crippen LogP contribution is 2.56. The average molecular weight is 823 g/mol. The van der Waals surface area contributed by atoms with Gasteiger partial charge in [-0.25, -0.2) is 4.39 Å². The fraction of sp³-hybridized carbons (Fsp3) is 0.0714. The Balaban J connectivity index is 1.05. The summed E-state index contributed by atoms with van der Waals surface area (Å²) >= 11 is 3.63. The van der Waals surface area contributed by atoms with E-state index >= 15 is 4.39 Å². The van der Waals surface area contributed by atoms with Crippen molar-refractivity contribution in [3.8, 4) is 11.1 Å². The van der Waals surface area contributed by atoms with Crippen LogP contribution in [0.25, 0.3) is 62.2 Å². The Morgan fingerprint density at radius 1 is 0.410 bits per heavy atom. The first-order valence-electron chi connectivity index (χ1n) is 20.8. The summed E-state index contributed by atoms with van der Waals surface area (Å²) in [6.07, 6.45) is 0. The van der Waals surface area contributed by atoms with Crippen LogP contribution >= 0.6 is 22.7 Å². The maximum atomic E-state index is 16.3. The minimum Gasteiger partial charge on any atom is -0.310 e. The van der Waals surface area contributed by atoms with Crippen LogP contribution in [0.15, 0.2) is 182 Å². The van der Waals surface area contributed by atoms with Gasteiger partial charge in [0, 0.05) is 73.9 Å². The monoisotopic (exact) mass is 822 g/mol. The maximum absolute atomic E-state index is 16.3. The van der Waals surface area contributed by atoms with E-state index in [1.807, 2.05) is 23.5 Å². The second-order valence-corrected chi connectivity index (χ2v) is 18.9. The van der Waals surface area contributed by atoms with E-state index in [4.69, 9.17) is 0 Å². The van der Waals surface area contributed by atoms with E-state index in [1.165, 1.54) is 68.2 Å². The summed E-state index contributed by atoms with van der Waals surface area (Å²) in [5.41, 5.74) is 11.6. The summed E-state index contributed by atoms with van der Waals surface area (Å²) in [6.45, 7) is 6.89. The number of nitrogens with zero attached hydrogens (tertiary/aromatic N) is 2. The maximum Gasteiger partial charge on any atom is 0.147 e. The molecule has 2 nitrogen and oxygen atoms in total. The molecule has 1 aliphatic carbocycles. The minimum atomic E-state index is -0.372. The molecule has 5 heteroatoms. The molecule has 0 bridgehead atoms. The molecule has 0 radical (unpaired) electrons. The molecule has 0 atom stereocenters. The average Bonchev–Trinajstić information content (AvgIpc) is 3.92. The number of hydrogen-bond donors (Lipinski definition) is 0. The van der Waals surface area contributed by atoms with E-state index in [0.717, 1.165) is 39.2 Å². The molecule has 2 heterocycles. The topological polar surface area (TPSA) is 6.48 Å². The number of aryl methyl sites for hydroxylation is 1. The molecule has 0 unspecified atom stereocenters. The third-order valence-corrected chi connectivity index (χ3v) is 15.1. The molecule has 11 aromatic rings. The number of rotatable bonds is 6. The standard InChI is InChI=1S/C56H39FN2S2/c1-34-14-4-10-20-48(34)58(36-24-27-41-39-16-7-12-22-51(39)60-53(41)31-36)35-26-29-44-45(30-35)56(2,3)46-33-50(38-15-5-6-18-43(38)55(44)46)59(49-21-11-9-19-47(49)57)37-25-28-42-40-17-8-13-23-52(40)61-54(42)32-37/h4-33H,1-3H3. The number of anilines is 6. The number of thiophene rings is 2. The SMILES string of the molecule is Cc1ccccc1N(c1ccc2c(c1)C(C)(C)c1cc(N(c3ccc4c(c3)sc3ccccc34)c3ccccc3F)c3ccccc3c1-2)c1ccc2c(c1)sc1ccccc12. The number of fused-ring (bicyclic) bond motifs is 11. The number of halogens is 1. The molecule has 292 valence electrons. The van der Waals surface area contributed by atoms with Crippen molar-refractivity contribution in [3.63, 3.8) is 0 Å². The number of para-hydroxylation sites is 2. The van der Waals surface area contributed by atoms with Gasteiger partial charge >= 0.3 is 0 Å². The Labute approximate surface area is 362 Å². The molecule has 0 spiro atoms. The van der Waals surface area contributed by atoms with Crippen LogP contribution in [-0.2, 0) is 5.41 Å². The highest BCUT2D eigenvalue weighted by molar-refractivity contribution is 7.26. The van der Waals surface area contributed by atoms with Gasteiger partial charge in [-0.05, 0) is 113 Å². The first-order chi connectivity index (χ1) is 29.8. The van der Waals surface area contributed by atoms with Gasteiger partial charge < -0.3 is 9.80 Å². The van der Waals surface area contributed by atoms with Gasteiger partial charge in [0.1, 0.15) is 5.82 Å². The van der Waals surface area contributed by atoms with Crippen LogP contribution in [0, 0.1) is 12.7 Å². The summed E-state index contributed by atoms with van der Waals surface area (Å²) in [5.74, 6) is -0.263. The zero-order chi connectivity index (χ0) is 41.0. The fourth-order valence-corrected chi connectivity index (χ4v) is 12.1. The summed E-state index contributed by atoms with van der Waals surface area (Å²) in [5, 5.41) is 7.28. The molecule has 61 heavy (non-hydrogen) atoms. The Bertz CT molecular complexity index is 3580. The first-order valence-corrected chi connectivity index (χ1v) is 22.4. The lowest BCUT2D eigenvalue weighted by Crippen LogP contribution is -2.18. The zero-order valence-corrected chi connectivity index (χ0v) is 35.5. The molecule has 0 aliphatic heterocycles. The second-order valence-electron chi connectivity index (χ2n) is 16.7. The fourth-order valence-electron chi connectivity index (χ4n) is 9.87. The van der Waals surface area contributed by atoms with Crippen molar-refractivity contribution < 1.29 is 4.39 Å². The van der Waals surface area contributed by atoms with Crippen LogP contribution in [0.3, 0.4) is 0 Å². The zero-order valence-electron chi connectivity index (χ0n) is 33.9. The molecule has 0 saturated carbocycles. The molecule has 2 aromatic heterocycles. The van der Waals surface area contributed by atoms with Crippen molar-refractivity contribution in [3.05, 3.63) is 204 Å². The molecular weight excluding hydrogens is 784 g/mol. The molecule has 9 aromatic carbocycles. The normalized spacial score (nSPS) is 13.0. The lowest BCUT2D eigenvalue weighted by atomic mass is 9.81. The van der Waals surface area contributed by atoms with Gasteiger partial charge in [-0.3, -0.25) is 0 Å². The molecular formula is C56H39FN2S2. The van der Waals surface area contributed by atoms with Gasteiger partial charge in [0.05, 0.1) is 11.4 Å². The highest BCUT2D eigenvalue weighted by atomic mass is 32.1. The lowest BCUT2D eigenvalue weighted by Gasteiger charge is -2.30.